The molecule has 0 radical (unpaired) electrons. The molecule has 0 heterocycles. The predicted molar refractivity (Wildman–Crippen MR) is 58.2 cm³/mol. The van der Waals surface area contributed by atoms with Crippen LogP contribution in [0.15, 0.2) is 12.1 Å². The van der Waals surface area contributed by atoms with E-state index in [0.717, 1.165) is 5.56 Å². The number of Topliss-reactive ketones (excluding diaryl/α,β-unsaturated/α-hetero) is 1. The molecule has 0 atom stereocenters. The van der Waals surface area contributed by atoms with Crippen molar-refractivity contribution in [2.24, 2.45) is 0 Å². The summed E-state index contributed by atoms with van der Waals surface area (Å²) in [6, 6.07) is 3.34. The summed E-state index contributed by atoms with van der Waals surface area (Å²) in [7, 11) is 1.46. The van der Waals surface area contributed by atoms with Crippen molar-refractivity contribution in [1.29, 1.82) is 0 Å². The summed E-state index contributed by atoms with van der Waals surface area (Å²) in [6.07, 6.45) is 0.609. The van der Waals surface area contributed by atoms with Gasteiger partial charge in [0.1, 0.15) is 5.75 Å². The molecule has 3 nitrogen and oxygen atoms in total. The van der Waals surface area contributed by atoms with Crippen LogP contribution in [0.3, 0.4) is 0 Å². The molecule has 1 rings (SSSR count). The summed E-state index contributed by atoms with van der Waals surface area (Å²) in [5.74, 6) is -0.0211. The van der Waals surface area contributed by atoms with Crippen LogP contribution < -0.4 is 4.74 Å². The number of aryl methyl sites for hydroxylation is 1. The summed E-state index contributed by atoms with van der Waals surface area (Å²) in [5.41, 5.74) is 1.43. The van der Waals surface area contributed by atoms with E-state index in [1.165, 1.54) is 7.11 Å². The first-order chi connectivity index (χ1) is 7.13. The van der Waals surface area contributed by atoms with E-state index < -0.39 is 0 Å². The minimum absolute atomic E-state index is 0.145. The van der Waals surface area contributed by atoms with Gasteiger partial charge in [-0.15, -0.1) is 11.6 Å². The van der Waals surface area contributed by atoms with Crippen molar-refractivity contribution in [3.8, 4) is 5.75 Å². The Bertz CT molecular complexity index is 399. The summed E-state index contributed by atoms with van der Waals surface area (Å²) >= 11 is 5.46. The fourth-order valence-corrected chi connectivity index (χ4v) is 1.50. The third-order valence-corrected chi connectivity index (χ3v) is 2.29. The normalized spacial score (nSPS) is 9.80. The summed E-state index contributed by atoms with van der Waals surface area (Å²) < 4.78 is 5.03. The first-order valence-corrected chi connectivity index (χ1v) is 4.90. The second-order valence-electron chi connectivity index (χ2n) is 3.10. The molecule has 1 aromatic rings. The number of carbonyl (C=O) groups is 2. The van der Waals surface area contributed by atoms with Crippen LogP contribution in [-0.4, -0.2) is 25.1 Å². The second-order valence-corrected chi connectivity index (χ2v) is 3.37. The highest BCUT2D eigenvalue weighted by molar-refractivity contribution is 6.31. The molecule has 0 aliphatic carbocycles. The molecule has 0 aromatic heterocycles. The maximum Gasteiger partial charge on any atom is 0.178 e. The van der Waals surface area contributed by atoms with Gasteiger partial charge in [-0.2, -0.15) is 0 Å². The molecule has 0 N–H and O–H groups in total. The van der Waals surface area contributed by atoms with Gasteiger partial charge in [-0.1, -0.05) is 0 Å². The van der Waals surface area contributed by atoms with Crippen LogP contribution in [-0.2, 0) is 0 Å². The Morgan fingerprint density at radius 3 is 2.67 bits per heavy atom. The number of hydrogen-bond acceptors (Lipinski definition) is 3. The molecule has 0 unspecified atom stereocenters. The van der Waals surface area contributed by atoms with E-state index in [4.69, 9.17) is 16.3 Å². The number of rotatable bonds is 4. The average molecular weight is 227 g/mol. The number of alkyl halides is 1. The van der Waals surface area contributed by atoms with Crippen molar-refractivity contribution in [3.63, 3.8) is 0 Å². The van der Waals surface area contributed by atoms with Gasteiger partial charge in [-0.05, 0) is 24.6 Å². The number of methoxy groups -OCH3 is 1. The van der Waals surface area contributed by atoms with Gasteiger partial charge < -0.3 is 4.74 Å². The lowest BCUT2D eigenvalue weighted by atomic mass is 10.0. The fourth-order valence-electron chi connectivity index (χ4n) is 1.36. The van der Waals surface area contributed by atoms with E-state index >= 15 is 0 Å². The van der Waals surface area contributed by atoms with Gasteiger partial charge in [-0.3, -0.25) is 9.59 Å². The summed E-state index contributed by atoms with van der Waals surface area (Å²) in [4.78, 5) is 22.3. The van der Waals surface area contributed by atoms with Gasteiger partial charge in [0, 0.05) is 5.56 Å². The van der Waals surface area contributed by atoms with E-state index in [1.807, 2.05) is 6.92 Å². The standard InChI is InChI=1S/C11H11ClO3/c1-7-3-8(10(14)5-12)9(6-13)11(4-7)15-2/h3-4,6H,5H2,1-2H3. The molecule has 1 aromatic carbocycles. The Morgan fingerprint density at radius 1 is 1.53 bits per heavy atom. The number of ketones is 1. The Labute approximate surface area is 93.0 Å². The quantitative estimate of drug-likeness (QED) is 0.449. The fraction of sp³-hybridized carbons (Fsp3) is 0.273. The molecule has 15 heavy (non-hydrogen) atoms. The molecule has 0 saturated carbocycles. The number of aldehydes is 1. The summed E-state index contributed by atoms with van der Waals surface area (Å²) in [5, 5.41) is 0. The van der Waals surface area contributed by atoms with Crippen LogP contribution in [0.4, 0.5) is 0 Å². The third kappa shape index (κ3) is 2.36. The molecule has 0 saturated heterocycles. The predicted octanol–water partition coefficient (Wildman–Crippen LogP) is 2.24. The van der Waals surface area contributed by atoms with E-state index in [1.54, 1.807) is 12.1 Å². The molecule has 0 spiro atoms. The third-order valence-electron chi connectivity index (χ3n) is 2.05. The smallest absolute Gasteiger partial charge is 0.178 e. The SMILES string of the molecule is COc1cc(C)cc(C(=O)CCl)c1C=O. The lowest BCUT2D eigenvalue weighted by molar-refractivity contribution is 0.101. The van der Waals surface area contributed by atoms with E-state index in [9.17, 15) is 9.59 Å². The van der Waals surface area contributed by atoms with Crippen molar-refractivity contribution < 1.29 is 14.3 Å². The van der Waals surface area contributed by atoms with Gasteiger partial charge in [0.05, 0.1) is 18.6 Å². The topological polar surface area (TPSA) is 43.4 Å². The molecule has 0 bridgehead atoms. The van der Waals surface area contributed by atoms with E-state index in [0.29, 0.717) is 17.6 Å². The first-order valence-electron chi connectivity index (χ1n) is 4.37. The largest absolute Gasteiger partial charge is 0.496 e. The monoisotopic (exact) mass is 226 g/mol. The first kappa shape index (κ1) is 11.7. The number of halogens is 1. The number of ether oxygens (including phenoxy) is 1. The second kappa shape index (κ2) is 4.94. The summed E-state index contributed by atoms with van der Waals surface area (Å²) in [6.45, 7) is 1.82. The zero-order valence-electron chi connectivity index (χ0n) is 8.54. The molecule has 0 fully saturated rings. The van der Waals surface area contributed by atoms with Gasteiger partial charge in [-0.25, -0.2) is 0 Å². The zero-order chi connectivity index (χ0) is 11.4. The number of benzene rings is 1. The highest BCUT2D eigenvalue weighted by Crippen LogP contribution is 2.23. The van der Waals surface area contributed by atoms with Crippen LogP contribution in [0.2, 0.25) is 0 Å². The highest BCUT2D eigenvalue weighted by Gasteiger charge is 2.15. The van der Waals surface area contributed by atoms with E-state index in [-0.39, 0.29) is 17.2 Å². The van der Waals surface area contributed by atoms with Gasteiger partial charge in [0.2, 0.25) is 0 Å². The Hall–Kier alpha value is -1.35. The minimum Gasteiger partial charge on any atom is -0.496 e. The molecule has 0 aliphatic heterocycles. The lowest BCUT2D eigenvalue weighted by Gasteiger charge is -2.09. The van der Waals surface area contributed by atoms with Crippen molar-refractivity contribution in [1.82, 2.24) is 0 Å². The van der Waals surface area contributed by atoms with Crippen LogP contribution >= 0.6 is 11.6 Å². The van der Waals surface area contributed by atoms with Gasteiger partial charge >= 0.3 is 0 Å². The van der Waals surface area contributed by atoms with Crippen molar-refractivity contribution in [2.75, 3.05) is 13.0 Å². The van der Waals surface area contributed by atoms with Crippen LogP contribution in [0.5, 0.6) is 5.75 Å². The Balaban J connectivity index is 3.41. The lowest BCUT2D eigenvalue weighted by Crippen LogP contribution is -2.07. The zero-order valence-corrected chi connectivity index (χ0v) is 9.30. The van der Waals surface area contributed by atoms with Gasteiger partial charge in [0.15, 0.2) is 12.1 Å². The van der Waals surface area contributed by atoms with E-state index in [2.05, 4.69) is 0 Å². The Morgan fingerprint density at radius 2 is 2.20 bits per heavy atom. The minimum atomic E-state index is -0.277. The molecule has 0 amide bonds. The molecular weight excluding hydrogens is 216 g/mol. The Kier molecular flexibility index (Phi) is 3.86. The van der Waals surface area contributed by atoms with Crippen LogP contribution in [0, 0.1) is 6.92 Å². The van der Waals surface area contributed by atoms with Crippen LogP contribution in [0.1, 0.15) is 26.3 Å². The van der Waals surface area contributed by atoms with Crippen molar-refractivity contribution >= 4 is 23.7 Å². The maximum absolute atomic E-state index is 11.5. The van der Waals surface area contributed by atoms with Crippen LogP contribution in [0.25, 0.3) is 0 Å². The highest BCUT2D eigenvalue weighted by atomic mass is 35.5. The molecule has 4 heteroatoms. The van der Waals surface area contributed by atoms with Gasteiger partial charge in [0.25, 0.3) is 0 Å². The average Bonchev–Trinajstić information content (AvgIpc) is 2.26. The molecular formula is C11H11ClO3. The molecule has 0 aliphatic rings. The van der Waals surface area contributed by atoms with Crippen molar-refractivity contribution in [3.05, 3.63) is 28.8 Å². The molecule has 80 valence electrons. The number of carbonyl (C=O) groups excluding carboxylic acids is 2. The maximum atomic E-state index is 11.5. The number of hydrogen-bond donors (Lipinski definition) is 0. The van der Waals surface area contributed by atoms with Crippen molar-refractivity contribution in [2.45, 2.75) is 6.92 Å².